The van der Waals surface area contributed by atoms with E-state index in [1.807, 2.05) is 30.3 Å². The molecular formula is C19H15Cl2N3O2. The van der Waals surface area contributed by atoms with Gasteiger partial charge >= 0.3 is 0 Å². The van der Waals surface area contributed by atoms with E-state index in [0.717, 1.165) is 10.8 Å². The number of aromatic hydroxyl groups is 1. The van der Waals surface area contributed by atoms with Crippen LogP contribution < -0.4 is 10.7 Å². The van der Waals surface area contributed by atoms with Crippen molar-refractivity contribution in [3.63, 3.8) is 0 Å². The van der Waals surface area contributed by atoms with Gasteiger partial charge in [-0.25, -0.2) is 5.43 Å². The Balaban J connectivity index is 1.62. The highest BCUT2D eigenvalue weighted by molar-refractivity contribution is 6.42. The second kappa shape index (κ2) is 8.08. The van der Waals surface area contributed by atoms with E-state index < -0.39 is 0 Å². The summed E-state index contributed by atoms with van der Waals surface area (Å²) in [5.41, 5.74) is 3.63. The Labute approximate surface area is 160 Å². The molecule has 3 aromatic carbocycles. The van der Waals surface area contributed by atoms with Gasteiger partial charge in [0.15, 0.2) is 0 Å². The van der Waals surface area contributed by atoms with Crippen LogP contribution in [0.25, 0.3) is 10.8 Å². The van der Waals surface area contributed by atoms with Crippen LogP contribution in [0.15, 0.2) is 59.7 Å². The molecule has 0 radical (unpaired) electrons. The van der Waals surface area contributed by atoms with Crippen molar-refractivity contribution in [1.29, 1.82) is 0 Å². The molecule has 0 aliphatic rings. The fourth-order valence-corrected chi connectivity index (χ4v) is 2.71. The van der Waals surface area contributed by atoms with Gasteiger partial charge in [0.1, 0.15) is 5.75 Å². The number of nitrogens with one attached hydrogen (secondary N) is 2. The maximum absolute atomic E-state index is 11.9. The first kappa shape index (κ1) is 18.0. The van der Waals surface area contributed by atoms with Crippen LogP contribution in [0, 0.1) is 0 Å². The lowest BCUT2D eigenvalue weighted by atomic mass is 10.0. The number of anilines is 1. The summed E-state index contributed by atoms with van der Waals surface area (Å²) in [6, 6.07) is 16.0. The third kappa shape index (κ3) is 4.25. The molecule has 0 fully saturated rings. The number of hydrogen-bond acceptors (Lipinski definition) is 4. The molecule has 0 aliphatic carbocycles. The van der Waals surface area contributed by atoms with Crippen LogP contribution in [-0.4, -0.2) is 23.8 Å². The molecule has 3 N–H and O–H groups in total. The van der Waals surface area contributed by atoms with Crippen molar-refractivity contribution in [1.82, 2.24) is 5.43 Å². The first-order valence-electron chi connectivity index (χ1n) is 7.76. The van der Waals surface area contributed by atoms with E-state index in [2.05, 4.69) is 15.8 Å². The Kier molecular flexibility index (Phi) is 5.61. The van der Waals surface area contributed by atoms with Gasteiger partial charge in [-0.15, -0.1) is 0 Å². The fraction of sp³-hybridized carbons (Fsp3) is 0.0526. The van der Waals surface area contributed by atoms with Crippen molar-refractivity contribution < 1.29 is 9.90 Å². The van der Waals surface area contributed by atoms with Gasteiger partial charge in [0, 0.05) is 11.3 Å². The van der Waals surface area contributed by atoms with E-state index in [1.54, 1.807) is 24.3 Å². The highest BCUT2D eigenvalue weighted by atomic mass is 35.5. The molecule has 7 heteroatoms. The van der Waals surface area contributed by atoms with E-state index in [9.17, 15) is 9.90 Å². The number of benzene rings is 3. The molecule has 5 nitrogen and oxygen atoms in total. The number of amides is 1. The molecule has 1 amide bonds. The SMILES string of the molecule is O=C(CNc1ccc(Cl)c(Cl)c1)N/N=C/c1c(O)ccc2ccccc12. The van der Waals surface area contributed by atoms with Gasteiger partial charge < -0.3 is 10.4 Å². The molecule has 0 spiro atoms. The normalized spacial score (nSPS) is 11.0. The Morgan fingerprint density at radius 2 is 1.88 bits per heavy atom. The summed E-state index contributed by atoms with van der Waals surface area (Å²) < 4.78 is 0. The monoisotopic (exact) mass is 387 g/mol. The molecule has 0 aromatic heterocycles. The number of hydrazone groups is 1. The van der Waals surface area contributed by atoms with E-state index in [0.29, 0.717) is 21.3 Å². The highest BCUT2D eigenvalue weighted by Crippen LogP contribution is 2.26. The summed E-state index contributed by atoms with van der Waals surface area (Å²) >= 11 is 11.8. The van der Waals surface area contributed by atoms with E-state index in [1.165, 1.54) is 6.21 Å². The molecule has 0 saturated heterocycles. The third-order valence-corrected chi connectivity index (χ3v) is 4.44. The van der Waals surface area contributed by atoms with Crippen LogP contribution in [0.3, 0.4) is 0 Å². The zero-order valence-electron chi connectivity index (χ0n) is 13.5. The van der Waals surface area contributed by atoms with Gasteiger partial charge in [0.2, 0.25) is 0 Å². The van der Waals surface area contributed by atoms with Crippen molar-refractivity contribution in [2.24, 2.45) is 5.10 Å². The number of hydrogen-bond donors (Lipinski definition) is 3. The van der Waals surface area contributed by atoms with Crippen LogP contribution in [0.1, 0.15) is 5.56 Å². The topological polar surface area (TPSA) is 73.7 Å². The van der Waals surface area contributed by atoms with Gasteiger partial charge in [0.05, 0.1) is 22.8 Å². The Bertz CT molecular complexity index is 990. The van der Waals surface area contributed by atoms with Gasteiger partial charge in [-0.2, -0.15) is 5.10 Å². The minimum absolute atomic E-state index is 0.0107. The van der Waals surface area contributed by atoms with E-state index in [-0.39, 0.29) is 18.2 Å². The van der Waals surface area contributed by atoms with Crippen LogP contribution in [-0.2, 0) is 4.79 Å². The first-order valence-corrected chi connectivity index (χ1v) is 8.52. The number of carbonyl (C=O) groups is 1. The summed E-state index contributed by atoms with van der Waals surface area (Å²) in [6.07, 6.45) is 1.43. The lowest BCUT2D eigenvalue weighted by Crippen LogP contribution is -2.25. The molecule has 26 heavy (non-hydrogen) atoms. The average Bonchev–Trinajstić information content (AvgIpc) is 2.64. The van der Waals surface area contributed by atoms with Crippen molar-refractivity contribution >= 4 is 51.8 Å². The Morgan fingerprint density at radius 1 is 1.08 bits per heavy atom. The lowest BCUT2D eigenvalue weighted by Gasteiger charge is -2.07. The van der Waals surface area contributed by atoms with Crippen molar-refractivity contribution in [2.75, 3.05) is 11.9 Å². The Hall–Kier alpha value is -2.76. The van der Waals surface area contributed by atoms with Crippen LogP contribution in [0.5, 0.6) is 5.75 Å². The minimum atomic E-state index is -0.341. The molecule has 0 unspecified atom stereocenters. The number of carbonyl (C=O) groups excluding carboxylic acids is 1. The number of fused-ring (bicyclic) bond motifs is 1. The quantitative estimate of drug-likeness (QED) is 0.448. The zero-order chi connectivity index (χ0) is 18.5. The predicted molar refractivity (Wildman–Crippen MR) is 106 cm³/mol. The first-order chi connectivity index (χ1) is 12.5. The molecule has 0 bridgehead atoms. The number of nitrogens with zero attached hydrogens (tertiary/aromatic N) is 1. The number of phenolic OH excluding ortho intramolecular Hbond substituents is 1. The zero-order valence-corrected chi connectivity index (χ0v) is 15.1. The standard InChI is InChI=1S/C19H15Cl2N3O2/c20-16-7-6-13(9-17(16)21)22-11-19(26)24-23-10-15-14-4-2-1-3-12(14)5-8-18(15)25/h1-10,22,25H,11H2,(H,24,26)/b23-10+. The number of halogens is 2. The summed E-state index contributed by atoms with van der Waals surface area (Å²) in [7, 11) is 0. The number of phenols is 1. The van der Waals surface area contributed by atoms with Gasteiger partial charge in [0.25, 0.3) is 5.91 Å². The van der Waals surface area contributed by atoms with E-state index >= 15 is 0 Å². The van der Waals surface area contributed by atoms with Gasteiger partial charge in [-0.05, 0) is 35.0 Å². The molecule has 3 aromatic rings. The maximum Gasteiger partial charge on any atom is 0.259 e. The largest absolute Gasteiger partial charge is 0.507 e. The van der Waals surface area contributed by atoms with Gasteiger partial charge in [-0.1, -0.05) is 53.5 Å². The smallest absolute Gasteiger partial charge is 0.259 e. The molecule has 3 rings (SSSR count). The van der Waals surface area contributed by atoms with Crippen molar-refractivity contribution in [3.8, 4) is 5.75 Å². The number of rotatable bonds is 5. The molecule has 0 saturated carbocycles. The average molecular weight is 388 g/mol. The fourth-order valence-electron chi connectivity index (χ4n) is 2.42. The Morgan fingerprint density at radius 3 is 2.69 bits per heavy atom. The van der Waals surface area contributed by atoms with Crippen LogP contribution in [0.2, 0.25) is 10.0 Å². The molecule has 0 atom stereocenters. The summed E-state index contributed by atoms with van der Waals surface area (Å²) in [4.78, 5) is 11.9. The predicted octanol–water partition coefficient (Wildman–Crippen LogP) is 4.41. The van der Waals surface area contributed by atoms with Crippen LogP contribution in [0.4, 0.5) is 5.69 Å². The molecule has 0 heterocycles. The maximum atomic E-state index is 11.9. The second-order valence-electron chi connectivity index (χ2n) is 5.50. The minimum Gasteiger partial charge on any atom is -0.507 e. The molecule has 132 valence electrons. The lowest BCUT2D eigenvalue weighted by molar-refractivity contribution is -0.119. The summed E-state index contributed by atoms with van der Waals surface area (Å²) in [5.74, 6) is -0.248. The molecular weight excluding hydrogens is 373 g/mol. The second-order valence-corrected chi connectivity index (χ2v) is 6.31. The highest BCUT2D eigenvalue weighted by Gasteiger charge is 2.05. The summed E-state index contributed by atoms with van der Waals surface area (Å²) in [5, 5.41) is 19.6. The third-order valence-electron chi connectivity index (χ3n) is 3.70. The molecule has 0 aliphatic heterocycles. The van der Waals surface area contributed by atoms with Crippen molar-refractivity contribution in [3.05, 3.63) is 70.2 Å². The van der Waals surface area contributed by atoms with Gasteiger partial charge in [-0.3, -0.25) is 4.79 Å². The van der Waals surface area contributed by atoms with E-state index in [4.69, 9.17) is 23.2 Å². The summed E-state index contributed by atoms with van der Waals surface area (Å²) in [6.45, 7) is 0.0107. The van der Waals surface area contributed by atoms with Crippen molar-refractivity contribution in [2.45, 2.75) is 0 Å². The van der Waals surface area contributed by atoms with Crippen LogP contribution >= 0.6 is 23.2 Å².